The molecule has 0 saturated carbocycles. The average molecular weight is 432 g/mol. The molecule has 0 bridgehead atoms. The van der Waals surface area contributed by atoms with Crippen LogP contribution in [0, 0.1) is 0 Å². The van der Waals surface area contributed by atoms with Crippen molar-refractivity contribution in [1.82, 2.24) is 25.6 Å². The first-order chi connectivity index (χ1) is 15.1. The highest BCUT2D eigenvalue weighted by atomic mass is 35.5. The van der Waals surface area contributed by atoms with E-state index in [4.69, 9.17) is 11.6 Å². The second kappa shape index (κ2) is 9.23. The Morgan fingerprint density at radius 1 is 0.935 bits per heavy atom. The fraction of sp³-hybridized carbons (Fsp3) is 0.0435. The predicted octanol–water partition coefficient (Wildman–Crippen LogP) is 3.59. The first-order valence-corrected chi connectivity index (χ1v) is 9.87. The first kappa shape index (κ1) is 20.3. The third kappa shape index (κ3) is 4.96. The number of para-hydroxylation sites is 1. The molecule has 8 heteroatoms. The Balaban J connectivity index is 1.54. The van der Waals surface area contributed by atoms with Crippen molar-refractivity contribution in [2.45, 2.75) is 6.42 Å². The molecule has 0 fully saturated rings. The number of hydrazine groups is 1. The monoisotopic (exact) mass is 431 g/mol. The fourth-order valence-electron chi connectivity index (χ4n) is 3.02. The Morgan fingerprint density at radius 2 is 1.71 bits per heavy atom. The molecule has 4 aromatic rings. The van der Waals surface area contributed by atoms with Crippen LogP contribution in [-0.2, 0) is 11.2 Å². The smallest absolute Gasteiger partial charge is 0.271 e. The van der Waals surface area contributed by atoms with Crippen LogP contribution < -0.4 is 10.9 Å². The molecule has 2 aromatic carbocycles. The molecule has 0 unspecified atom stereocenters. The van der Waals surface area contributed by atoms with Gasteiger partial charge in [0.15, 0.2) is 0 Å². The van der Waals surface area contributed by atoms with Gasteiger partial charge in [-0.05, 0) is 36.4 Å². The van der Waals surface area contributed by atoms with Gasteiger partial charge >= 0.3 is 0 Å². The van der Waals surface area contributed by atoms with Crippen molar-refractivity contribution in [2.75, 3.05) is 0 Å². The van der Waals surface area contributed by atoms with Crippen molar-refractivity contribution in [3.05, 3.63) is 101 Å². The molecule has 31 heavy (non-hydrogen) atoms. The molecule has 0 aliphatic rings. The summed E-state index contributed by atoms with van der Waals surface area (Å²) in [6.07, 6.45) is 4.82. The van der Waals surface area contributed by atoms with E-state index in [1.165, 1.54) is 6.20 Å². The Hall–Kier alpha value is -3.97. The molecule has 0 spiro atoms. The number of hydrogen-bond donors (Lipinski definition) is 2. The lowest BCUT2D eigenvalue weighted by Crippen LogP contribution is -2.42. The summed E-state index contributed by atoms with van der Waals surface area (Å²) in [4.78, 5) is 28.5. The maximum atomic E-state index is 12.5. The molecular formula is C23H18ClN5O2. The standard InChI is InChI=1S/C23H18ClN5O2/c24-19-10-8-16(9-11-19)22-18(15-29(28-22)20-6-2-1-3-7-20)13-21(30)26-27-23(31)17-5-4-12-25-14-17/h1-12,14-15H,13H2,(H,26,30)(H,27,31). The van der Waals surface area contributed by atoms with E-state index < -0.39 is 5.91 Å². The molecule has 0 radical (unpaired) electrons. The van der Waals surface area contributed by atoms with Crippen LogP contribution in [0.1, 0.15) is 15.9 Å². The number of nitrogens with zero attached hydrogens (tertiary/aromatic N) is 3. The van der Waals surface area contributed by atoms with E-state index in [9.17, 15) is 9.59 Å². The van der Waals surface area contributed by atoms with Gasteiger partial charge in [0.1, 0.15) is 0 Å². The Morgan fingerprint density at radius 3 is 2.42 bits per heavy atom. The number of carbonyl (C=O) groups excluding carboxylic acids is 2. The lowest BCUT2D eigenvalue weighted by molar-refractivity contribution is -0.121. The Labute approximate surface area is 183 Å². The van der Waals surface area contributed by atoms with Crippen LogP contribution in [0.15, 0.2) is 85.3 Å². The van der Waals surface area contributed by atoms with Crippen molar-refractivity contribution >= 4 is 23.4 Å². The third-order valence-corrected chi connectivity index (χ3v) is 4.77. The highest BCUT2D eigenvalue weighted by molar-refractivity contribution is 6.30. The van der Waals surface area contributed by atoms with Crippen molar-refractivity contribution in [3.63, 3.8) is 0 Å². The van der Waals surface area contributed by atoms with E-state index >= 15 is 0 Å². The minimum atomic E-state index is -0.445. The summed E-state index contributed by atoms with van der Waals surface area (Å²) < 4.78 is 1.72. The summed E-state index contributed by atoms with van der Waals surface area (Å²) in [7, 11) is 0. The van der Waals surface area contributed by atoms with Crippen LogP contribution in [0.5, 0.6) is 0 Å². The zero-order valence-corrected chi connectivity index (χ0v) is 17.1. The molecule has 2 amide bonds. The number of halogens is 1. The molecule has 7 nitrogen and oxygen atoms in total. The van der Waals surface area contributed by atoms with Gasteiger partial charge in [-0.15, -0.1) is 0 Å². The maximum absolute atomic E-state index is 12.5. The molecule has 154 valence electrons. The number of hydrogen-bond acceptors (Lipinski definition) is 4. The van der Waals surface area contributed by atoms with Crippen molar-refractivity contribution in [1.29, 1.82) is 0 Å². The normalized spacial score (nSPS) is 10.5. The van der Waals surface area contributed by atoms with E-state index in [-0.39, 0.29) is 12.3 Å². The third-order valence-electron chi connectivity index (χ3n) is 4.52. The molecule has 0 atom stereocenters. The molecule has 4 rings (SSSR count). The summed E-state index contributed by atoms with van der Waals surface area (Å²) in [5.41, 5.74) is 8.26. The summed E-state index contributed by atoms with van der Waals surface area (Å²) in [5.74, 6) is -0.820. The number of aromatic nitrogens is 3. The van der Waals surface area contributed by atoms with E-state index in [0.29, 0.717) is 21.8 Å². The molecule has 0 saturated heterocycles. The van der Waals surface area contributed by atoms with Crippen LogP contribution >= 0.6 is 11.6 Å². The number of benzene rings is 2. The van der Waals surface area contributed by atoms with Crippen molar-refractivity contribution in [3.8, 4) is 16.9 Å². The second-order valence-electron chi connectivity index (χ2n) is 6.71. The second-order valence-corrected chi connectivity index (χ2v) is 7.15. The van der Waals surface area contributed by atoms with Gasteiger partial charge in [-0.3, -0.25) is 25.4 Å². The van der Waals surface area contributed by atoms with E-state index in [1.807, 2.05) is 48.7 Å². The van der Waals surface area contributed by atoms with E-state index in [0.717, 1.165) is 11.3 Å². The minimum Gasteiger partial charge on any atom is -0.273 e. The lowest BCUT2D eigenvalue weighted by atomic mass is 10.1. The number of amides is 2. The van der Waals surface area contributed by atoms with Gasteiger partial charge in [-0.2, -0.15) is 5.10 Å². The highest BCUT2D eigenvalue weighted by Crippen LogP contribution is 2.25. The summed E-state index contributed by atoms with van der Waals surface area (Å²) in [6.45, 7) is 0. The molecule has 2 aromatic heterocycles. The molecular weight excluding hydrogens is 414 g/mol. The predicted molar refractivity (Wildman–Crippen MR) is 118 cm³/mol. The van der Waals surface area contributed by atoms with Crippen molar-refractivity contribution in [2.24, 2.45) is 0 Å². The quantitative estimate of drug-likeness (QED) is 0.472. The summed E-state index contributed by atoms with van der Waals surface area (Å²) in [5, 5.41) is 5.29. The number of pyridine rings is 1. The van der Waals surface area contributed by atoms with Crippen LogP contribution in [0.2, 0.25) is 5.02 Å². The fourth-order valence-corrected chi connectivity index (χ4v) is 3.14. The Kier molecular flexibility index (Phi) is 6.05. The van der Waals surface area contributed by atoms with Gasteiger partial charge < -0.3 is 0 Å². The van der Waals surface area contributed by atoms with Gasteiger partial charge in [0.25, 0.3) is 5.91 Å². The lowest BCUT2D eigenvalue weighted by Gasteiger charge is -2.07. The average Bonchev–Trinajstić information content (AvgIpc) is 3.23. The van der Waals surface area contributed by atoms with Crippen molar-refractivity contribution < 1.29 is 9.59 Å². The maximum Gasteiger partial charge on any atom is 0.271 e. The molecule has 2 heterocycles. The molecule has 0 aliphatic heterocycles. The molecule has 2 N–H and O–H groups in total. The number of rotatable bonds is 5. The zero-order chi connectivity index (χ0) is 21.6. The van der Waals surface area contributed by atoms with Gasteiger partial charge in [-0.25, -0.2) is 4.68 Å². The topological polar surface area (TPSA) is 88.9 Å². The van der Waals surface area contributed by atoms with Gasteiger partial charge in [0.05, 0.1) is 23.4 Å². The van der Waals surface area contributed by atoms with E-state index in [1.54, 1.807) is 35.1 Å². The van der Waals surface area contributed by atoms with E-state index in [2.05, 4.69) is 20.9 Å². The number of carbonyl (C=O) groups is 2. The Bertz CT molecular complexity index is 1190. The van der Waals surface area contributed by atoms with Gasteiger partial charge in [0, 0.05) is 34.7 Å². The van der Waals surface area contributed by atoms with Crippen LogP contribution in [0.4, 0.5) is 0 Å². The SMILES string of the molecule is O=C(Cc1cn(-c2ccccc2)nc1-c1ccc(Cl)cc1)NNC(=O)c1cccnc1. The summed E-state index contributed by atoms with van der Waals surface area (Å²) in [6, 6.07) is 20.1. The van der Waals surface area contributed by atoms with Crippen LogP contribution in [-0.4, -0.2) is 26.6 Å². The largest absolute Gasteiger partial charge is 0.273 e. The van der Waals surface area contributed by atoms with Gasteiger partial charge in [-0.1, -0.05) is 41.9 Å². The zero-order valence-electron chi connectivity index (χ0n) is 16.3. The first-order valence-electron chi connectivity index (χ1n) is 9.49. The summed E-state index contributed by atoms with van der Waals surface area (Å²) >= 11 is 6.01. The minimum absolute atomic E-state index is 0.0259. The number of nitrogens with one attached hydrogen (secondary N) is 2. The molecule has 0 aliphatic carbocycles. The van der Waals surface area contributed by atoms with Crippen LogP contribution in [0.25, 0.3) is 16.9 Å². The highest BCUT2D eigenvalue weighted by Gasteiger charge is 2.16. The van der Waals surface area contributed by atoms with Crippen LogP contribution in [0.3, 0.4) is 0 Å². The van der Waals surface area contributed by atoms with Gasteiger partial charge in [0.2, 0.25) is 5.91 Å².